The molecule has 1 aliphatic carbocycles. The monoisotopic (exact) mass is 529 g/mol. The van der Waals surface area contributed by atoms with Gasteiger partial charge in [-0.2, -0.15) is 10.5 Å². The van der Waals surface area contributed by atoms with Crippen molar-refractivity contribution in [3.8, 4) is 17.9 Å². The van der Waals surface area contributed by atoms with E-state index in [-0.39, 0.29) is 11.7 Å². The number of hydrogen-bond acceptors (Lipinski definition) is 4. The molecule has 1 N–H and O–H groups in total. The molecule has 4 nitrogen and oxygen atoms in total. The molecule has 1 aliphatic rings. The van der Waals surface area contributed by atoms with E-state index in [1.165, 1.54) is 0 Å². The minimum Gasteiger partial charge on any atom is -0.508 e. The Bertz CT molecular complexity index is 1890. The third-order valence-electron chi connectivity index (χ3n) is 7.65. The van der Waals surface area contributed by atoms with E-state index in [9.17, 15) is 15.6 Å². The summed E-state index contributed by atoms with van der Waals surface area (Å²) >= 11 is 0. The van der Waals surface area contributed by atoms with E-state index >= 15 is 0 Å². The Labute approximate surface area is 240 Å². The van der Waals surface area contributed by atoms with Crippen LogP contribution in [0.3, 0.4) is 0 Å². The van der Waals surface area contributed by atoms with Crippen LogP contribution in [0.15, 0.2) is 103 Å². The fraction of sp³-hybridized carbons (Fsp3) is 0.0811. The highest BCUT2D eigenvalue weighted by Crippen LogP contribution is 2.40. The summed E-state index contributed by atoms with van der Waals surface area (Å²) in [4.78, 5) is 2.14. The van der Waals surface area contributed by atoms with Gasteiger partial charge in [-0.25, -0.2) is 0 Å². The molecule has 0 bridgehead atoms. The third-order valence-corrected chi connectivity index (χ3v) is 7.65. The lowest BCUT2D eigenvalue weighted by atomic mass is 9.80. The molecule has 0 spiro atoms. The molecule has 4 heteroatoms. The number of aromatic hydroxyl groups is 1. The molecular weight excluding hydrogens is 502 g/mol. The minimum atomic E-state index is 0.204. The predicted octanol–water partition coefficient (Wildman–Crippen LogP) is 9.45. The number of nitriles is 2. The van der Waals surface area contributed by atoms with Crippen molar-refractivity contribution < 1.29 is 5.11 Å². The minimum absolute atomic E-state index is 0.204. The first-order valence-corrected chi connectivity index (χ1v) is 13.6. The lowest BCUT2D eigenvalue weighted by Crippen LogP contribution is -2.09. The normalized spacial score (nSPS) is 14.0. The van der Waals surface area contributed by atoms with Gasteiger partial charge in [-0.05, 0) is 94.6 Å². The zero-order valence-corrected chi connectivity index (χ0v) is 22.6. The molecule has 0 aromatic heterocycles. The highest BCUT2D eigenvalue weighted by molar-refractivity contribution is 6.00. The summed E-state index contributed by atoms with van der Waals surface area (Å²) in [6.45, 7) is 2.11. The molecular formula is C37H27N3O. The molecule has 0 aliphatic heterocycles. The Morgan fingerprint density at radius 3 is 2.02 bits per heavy atom. The van der Waals surface area contributed by atoms with Crippen LogP contribution in [-0.2, 0) is 0 Å². The summed E-state index contributed by atoms with van der Waals surface area (Å²) < 4.78 is 0. The van der Waals surface area contributed by atoms with E-state index in [1.54, 1.807) is 12.1 Å². The maximum Gasteiger partial charge on any atom is 0.115 e. The third kappa shape index (κ3) is 4.84. The molecule has 0 saturated heterocycles. The Morgan fingerprint density at radius 2 is 1.34 bits per heavy atom. The number of benzene rings is 5. The van der Waals surface area contributed by atoms with Gasteiger partial charge in [-0.3, -0.25) is 0 Å². The van der Waals surface area contributed by atoms with Gasteiger partial charge in [0.2, 0.25) is 0 Å². The predicted molar refractivity (Wildman–Crippen MR) is 167 cm³/mol. The number of phenols is 1. The number of fused-ring (bicyclic) bond motifs is 3. The highest BCUT2D eigenvalue weighted by Gasteiger charge is 2.23. The van der Waals surface area contributed by atoms with Gasteiger partial charge in [0.25, 0.3) is 0 Å². The van der Waals surface area contributed by atoms with Crippen molar-refractivity contribution in [2.24, 2.45) is 0 Å². The first-order chi connectivity index (χ1) is 20.1. The van der Waals surface area contributed by atoms with Crippen molar-refractivity contribution in [1.82, 2.24) is 0 Å². The number of allylic oxidation sites excluding steroid dienone is 1. The second kappa shape index (κ2) is 10.9. The SMILES string of the molecule is CC1CC=Cc2c1c(C#N)c(C#N)c1cc(C=Cc3ccc(N(c4ccccc4)c4ccc(O)cc4)cc3)ccc21. The fourth-order valence-electron chi connectivity index (χ4n) is 5.64. The second-order valence-corrected chi connectivity index (χ2v) is 10.3. The van der Waals surface area contributed by atoms with Gasteiger partial charge in [-0.1, -0.05) is 73.7 Å². The first kappa shape index (κ1) is 25.7. The Hall–Kier alpha value is -5.58. The van der Waals surface area contributed by atoms with Gasteiger partial charge in [0.1, 0.15) is 17.9 Å². The molecule has 196 valence electrons. The zero-order chi connectivity index (χ0) is 28.3. The maximum absolute atomic E-state index is 10.0. The molecule has 5 aromatic rings. The molecule has 5 aromatic carbocycles. The zero-order valence-electron chi connectivity index (χ0n) is 22.6. The first-order valence-electron chi connectivity index (χ1n) is 13.6. The largest absolute Gasteiger partial charge is 0.508 e. The van der Waals surface area contributed by atoms with Crippen LogP contribution in [0.5, 0.6) is 5.75 Å². The fourth-order valence-corrected chi connectivity index (χ4v) is 5.64. The van der Waals surface area contributed by atoms with Crippen LogP contribution < -0.4 is 4.90 Å². The second-order valence-electron chi connectivity index (χ2n) is 10.3. The Morgan fingerprint density at radius 1 is 0.732 bits per heavy atom. The van der Waals surface area contributed by atoms with Crippen molar-refractivity contribution in [2.45, 2.75) is 19.3 Å². The average Bonchev–Trinajstić information content (AvgIpc) is 3.01. The van der Waals surface area contributed by atoms with Crippen molar-refractivity contribution in [3.63, 3.8) is 0 Å². The molecule has 41 heavy (non-hydrogen) atoms. The van der Waals surface area contributed by atoms with Crippen LogP contribution in [-0.4, -0.2) is 5.11 Å². The molecule has 0 fully saturated rings. The lowest BCUT2D eigenvalue weighted by Gasteiger charge is -2.25. The van der Waals surface area contributed by atoms with Gasteiger partial charge in [0.05, 0.1) is 11.1 Å². The van der Waals surface area contributed by atoms with E-state index in [1.807, 2.05) is 42.5 Å². The summed E-state index contributed by atoms with van der Waals surface area (Å²) in [5.74, 6) is 0.433. The summed E-state index contributed by atoms with van der Waals surface area (Å²) in [6.07, 6.45) is 9.20. The van der Waals surface area contributed by atoms with Gasteiger partial charge in [0, 0.05) is 22.4 Å². The van der Waals surface area contributed by atoms with E-state index < -0.39 is 0 Å². The summed E-state index contributed by atoms with van der Waals surface area (Å²) in [7, 11) is 0. The van der Waals surface area contributed by atoms with Gasteiger partial charge < -0.3 is 10.0 Å². The molecule has 6 rings (SSSR count). The van der Waals surface area contributed by atoms with Crippen molar-refractivity contribution in [1.29, 1.82) is 10.5 Å². The van der Waals surface area contributed by atoms with Gasteiger partial charge in [0.15, 0.2) is 0 Å². The number of nitrogens with zero attached hydrogens (tertiary/aromatic N) is 3. The quantitative estimate of drug-likeness (QED) is 0.230. The van der Waals surface area contributed by atoms with Gasteiger partial charge >= 0.3 is 0 Å². The van der Waals surface area contributed by atoms with Crippen LogP contribution in [0.4, 0.5) is 17.1 Å². The van der Waals surface area contributed by atoms with Crippen LogP contribution in [0.2, 0.25) is 0 Å². The number of phenolic OH excluding ortho intramolecular Hbond substituents is 1. The highest BCUT2D eigenvalue weighted by atomic mass is 16.3. The summed E-state index contributed by atoms with van der Waals surface area (Å²) in [5, 5.41) is 31.6. The van der Waals surface area contributed by atoms with Crippen molar-refractivity contribution >= 4 is 46.1 Å². The number of rotatable bonds is 5. The molecule has 0 heterocycles. The van der Waals surface area contributed by atoms with Crippen LogP contribution >= 0.6 is 0 Å². The van der Waals surface area contributed by atoms with Crippen molar-refractivity contribution in [2.75, 3.05) is 4.90 Å². The maximum atomic E-state index is 10.0. The van der Waals surface area contributed by atoms with Crippen LogP contribution in [0, 0.1) is 22.7 Å². The van der Waals surface area contributed by atoms with E-state index in [0.717, 1.165) is 56.5 Å². The van der Waals surface area contributed by atoms with Crippen LogP contribution in [0.25, 0.3) is 29.0 Å². The number of anilines is 3. The lowest BCUT2D eigenvalue weighted by molar-refractivity contribution is 0.475. The molecule has 0 saturated carbocycles. The standard InChI is InChI=1S/C37H27N3O/c1-25-6-5-9-33-32-21-14-27(22-34(32)35(23-38)36(24-39)37(25)33)11-10-26-12-15-29(16-13-26)40(28-7-3-2-4-8-28)30-17-19-31(41)20-18-30/h2-5,7-22,25,41H,6H2,1H3. The Kier molecular flexibility index (Phi) is 6.82. The van der Waals surface area contributed by atoms with Crippen molar-refractivity contribution in [3.05, 3.63) is 137 Å². The molecule has 0 amide bonds. The Balaban J connectivity index is 1.34. The average molecular weight is 530 g/mol. The summed E-state index contributed by atoms with van der Waals surface area (Å²) in [6, 6.07) is 36.4. The van der Waals surface area contributed by atoms with E-state index in [0.29, 0.717) is 11.1 Å². The molecule has 1 unspecified atom stereocenters. The number of hydrogen-bond donors (Lipinski definition) is 1. The number of para-hydroxylation sites is 1. The van der Waals surface area contributed by atoms with Gasteiger partial charge in [-0.15, -0.1) is 0 Å². The smallest absolute Gasteiger partial charge is 0.115 e. The topological polar surface area (TPSA) is 71.0 Å². The van der Waals surface area contributed by atoms with E-state index in [4.69, 9.17) is 0 Å². The van der Waals surface area contributed by atoms with Crippen LogP contribution in [0.1, 0.15) is 52.6 Å². The van der Waals surface area contributed by atoms with E-state index in [2.05, 4.69) is 90.7 Å². The molecule has 0 radical (unpaired) electrons. The molecule has 1 atom stereocenters. The summed E-state index contributed by atoms with van der Waals surface area (Å²) in [5.41, 5.74) is 7.96.